The van der Waals surface area contributed by atoms with Crippen molar-refractivity contribution < 1.29 is 27.5 Å². The van der Waals surface area contributed by atoms with Gasteiger partial charge in [-0.2, -0.15) is 0 Å². The summed E-state index contributed by atoms with van der Waals surface area (Å²) in [4.78, 5) is 26.8. The molecule has 12 nitrogen and oxygen atoms in total. The number of amides is 2. The maximum Gasteiger partial charge on any atom is 0.409 e. The molecule has 0 fully saturated rings. The molecule has 3 rings (SSSR count). The molecule has 0 radical (unpaired) electrons. The number of nitrogens with one attached hydrogen (secondary N) is 1. The molecule has 3 N–H and O–H groups in total. The lowest BCUT2D eigenvalue weighted by Crippen LogP contribution is -2.51. The van der Waals surface area contributed by atoms with E-state index >= 15 is 0 Å². The van der Waals surface area contributed by atoms with E-state index in [1.165, 1.54) is 23.3 Å². The van der Waals surface area contributed by atoms with E-state index in [1.807, 2.05) is 30.3 Å². The van der Waals surface area contributed by atoms with Crippen LogP contribution in [0.5, 0.6) is 0 Å². The normalized spacial score (nSPS) is 12.6. The van der Waals surface area contributed by atoms with Crippen molar-refractivity contribution in [2.45, 2.75) is 46.1 Å². The molecule has 1 aromatic carbocycles. The van der Waals surface area contributed by atoms with Gasteiger partial charge in [0.2, 0.25) is 10.9 Å². The van der Waals surface area contributed by atoms with Crippen molar-refractivity contribution in [1.82, 2.24) is 24.8 Å². The van der Waals surface area contributed by atoms with Gasteiger partial charge in [0, 0.05) is 25.2 Å². The number of sulfone groups is 1. The molecule has 0 saturated carbocycles. The number of fused-ring (bicyclic) bond motifs is 1. The van der Waals surface area contributed by atoms with Crippen LogP contribution in [0.2, 0.25) is 0 Å². The minimum atomic E-state index is -3.22. The van der Waals surface area contributed by atoms with Gasteiger partial charge in [-0.25, -0.2) is 13.2 Å². The molecular weight excluding hydrogens is 532 g/mol. The predicted molar refractivity (Wildman–Crippen MR) is 145 cm³/mol. The minimum absolute atomic E-state index is 0. The molecule has 2 heterocycles. The summed E-state index contributed by atoms with van der Waals surface area (Å²) in [5, 5.41) is 13.1. The van der Waals surface area contributed by atoms with Crippen molar-refractivity contribution in [3.8, 4) is 0 Å². The van der Waals surface area contributed by atoms with Crippen LogP contribution in [-0.2, 0) is 37.3 Å². The Morgan fingerprint density at radius 2 is 1.89 bits per heavy atom. The first-order valence-corrected chi connectivity index (χ1v) is 14.4. The number of hydrogen-bond acceptors (Lipinski definition) is 10. The number of hydrogen-bond donors (Lipinski definition) is 2. The fourth-order valence-corrected chi connectivity index (χ4v) is 4.58. The van der Waals surface area contributed by atoms with Crippen LogP contribution in [0.25, 0.3) is 4.96 Å². The molecule has 3 aromatic rings. The highest BCUT2D eigenvalue weighted by Gasteiger charge is 2.29. The number of rotatable bonds is 12. The Kier molecular flexibility index (Phi) is 10.8. The summed E-state index contributed by atoms with van der Waals surface area (Å²) < 4.78 is 35.7. The topological polar surface area (TPSA) is 158 Å². The maximum absolute atomic E-state index is 12.7. The molecule has 210 valence electrons. The summed E-state index contributed by atoms with van der Waals surface area (Å²) in [5.74, 6) is -0.162. The molecule has 2 aromatic heterocycles. The van der Waals surface area contributed by atoms with Crippen LogP contribution in [0.1, 0.15) is 44.4 Å². The Hall–Kier alpha value is -3.07. The predicted octanol–water partition coefficient (Wildman–Crippen LogP) is 2.15. The number of carbonyl (C=O) groups is 2. The molecule has 2 amide bonds. The molecule has 0 aliphatic carbocycles. The second-order valence-electron chi connectivity index (χ2n) is 9.26. The zero-order chi connectivity index (χ0) is 27.2. The highest BCUT2D eigenvalue weighted by molar-refractivity contribution is 7.90. The summed E-state index contributed by atoms with van der Waals surface area (Å²) in [5.41, 5.74) is 6.41. The van der Waals surface area contributed by atoms with Gasteiger partial charge in [0.25, 0.3) is 0 Å². The molecule has 0 unspecified atom stereocenters. The van der Waals surface area contributed by atoms with E-state index in [2.05, 4.69) is 15.5 Å². The fraction of sp³-hybridized carbons (Fsp3) is 0.500. The van der Waals surface area contributed by atoms with Crippen molar-refractivity contribution in [3.63, 3.8) is 0 Å². The quantitative estimate of drug-likeness (QED) is 0.334. The third-order valence-electron chi connectivity index (χ3n) is 5.30. The third-order valence-corrected chi connectivity index (χ3v) is 7.09. The molecule has 1 atom stereocenters. The Labute approximate surface area is 227 Å². The van der Waals surface area contributed by atoms with Gasteiger partial charge in [0.1, 0.15) is 22.5 Å². The molecule has 0 bridgehead atoms. The van der Waals surface area contributed by atoms with Gasteiger partial charge in [-0.3, -0.25) is 9.20 Å². The molecular formula is C24H36N6O6S2. The number of aromatic nitrogens is 3. The first-order chi connectivity index (χ1) is 17.3. The molecule has 0 aliphatic heterocycles. The van der Waals surface area contributed by atoms with E-state index in [-0.39, 0.29) is 32.9 Å². The minimum Gasteiger partial charge on any atom is -0.443 e. The summed E-state index contributed by atoms with van der Waals surface area (Å²) in [6.45, 7) is 3.52. The van der Waals surface area contributed by atoms with Gasteiger partial charge in [-0.1, -0.05) is 37.8 Å². The lowest BCUT2D eigenvalue weighted by molar-refractivity contribution is -0.126. The number of nitrogens with zero attached hydrogens (tertiary/aromatic N) is 4. The number of carbonyl (C=O) groups excluding carboxylic acids is 2. The molecule has 0 spiro atoms. The highest BCUT2D eigenvalue weighted by atomic mass is 32.2. The Bertz CT molecular complexity index is 1320. The number of benzene rings is 1. The summed E-state index contributed by atoms with van der Waals surface area (Å²) in [6.07, 6.45) is 0.436. The van der Waals surface area contributed by atoms with Crippen molar-refractivity contribution in [2.24, 2.45) is 5.73 Å². The van der Waals surface area contributed by atoms with Gasteiger partial charge in [0.15, 0.2) is 5.82 Å². The van der Waals surface area contributed by atoms with Crippen LogP contribution in [-0.4, -0.2) is 77.7 Å². The first-order valence-electron chi connectivity index (χ1n) is 11.4. The molecule has 14 heteroatoms. The monoisotopic (exact) mass is 568 g/mol. The van der Waals surface area contributed by atoms with E-state index < -0.39 is 33.4 Å². The lowest BCUT2D eigenvalue weighted by Gasteiger charge is -2.23. The fourth-order valence-electron chi connectivity index (χ4n) is 3.16. The molecule has 38 heavy (non-hydrogen) atoms. The van der Waals surface area contributed by atoms with Crippen molar-refractivity contribution in [1.29, 1.82) is 0 Å². The summed E-state index contributed by atoms with van der Waals surface area (Å²) >= 11 is 1.30. The van der Waals surface area contributed by atoms with Crippen molar-refractivity contribution >= 4 is 38.1 Å². The molecule has 0 saturated heterocycles. The van der Waals surface area contributed by atoms with E-state index in [0.717, 1.165) is 11.8 Å². The van der Waals surface area contributed by atoms with Crippen LogP contribution >= 0.6 is 11.3 Å². The van der Waals surface area contributed by atoms with Gasteiger partial charge >= 0.3 is 6.09 Å². The van der Waals surface area contributed by atoms with Gasteiger partial charge in [-0.05, 0) is 19.4 Å². The zero-order valence-corrected chi connectivity index (χ0v) is 22.8. The average molecular weight is 569 g/mol. The van der Waals surface area contributed by atoms with Crippen LogP contribution < -0.4 is 11.1 Å². The molecule has 0 aliphatic rings. The standard InChI is InChI=1S/C23H32N6O6S2.CH4/c1-23(2,24)20(30)25-18(14-34-12-16-8-6-5-7-9-16)19-26-27-21-29(19)17(15-36-21)13-35-22(31)28(3)10-11-37(4,32)33;/h5-9,15,18H,10-14,24H2,1-4H3,(H,25,30);1H4/t18-;/m1./s1. The van der Waals surface area contributed by atoms with Crippen molar-refractivity contribution in [2.75, 3.05) is 32.2 Å². The number of thiazole rings is 1. The number of nitrogens with two attached hydrogens (primary N) is 1. The third kappa shape index (κ3) is 8.75. The highest BCUT2D eigenvalue weighted by Crippen LogP contribution is 2.22. The Morgan fingerprint density at radius 3 is 2.53 bits per heavy atom. The Morgan fingerprint density at radius 1 is 1.21 bits per heavy atom. The second-order valence-corrected chi connectivity index (χ2v) is 12.4. The average Bonchev–Trinajstić information content (AvgIpc) is 3.42. The maximum atomic E-state index is 12.7. The Balaban J connectivity index is 0.00000507. The van der Waals surface area contributed by atoms with E-state index in [0.29, 0.717) is 23.1 Å². The zero-order valence-electron chi connectivity index (χ0n) is 21.2. The summed E-state index contributed by atoms with van der Waals surface area (Å²) in [7, 11) is -1.75. The van der Waals surface area contributed by atoms with Gasteiger partial charge < -0.3 is 25.4 Å². The van der Waals surface area contributed by atoms with Crippen LogP contribution in [0.3, 0.4) is 0 Å². The first kappa shape index (κ1) is 31.1. The van der Waals surface area contributed by atoms with E-state index in [9.17, 15) is 18.0 Å². The number of ether oxygens (including phenoxy) is 2. The van der Waals surface area contributed by atoms with Crippen LogP contribution in [0, 0.1) is 0 Å². The van der Waals surface area contributed by atoms with E-state index in [4.69, 9.17) is 15.2 Å². The summed E-state index contributed by atoms with van der Waals surface area (Å²) in [6, 6.07) is 8.92. The van der Waals surface area contributed by atoms with Gasteiger partial charge in [-0.15, -0.1) is 21.5 Å². The van der Waals surface area contributed by atoms with E-state index in [1.54, 1.807) is 23.6 Å². The van der Waals surface area contributed by atoms with Gasteiger partial charge in [0.05, 0.1) is 30.2 Å². The second kappa shape index (κ2) is 13.1. The smallest absolute Gasteiger partial charge is 0.409 e. The van der Waals surface area contributed by atoms with Crippen LogP contribution in [0.15, 0.2) is 35.7 Å². The lowest BCUT2D eigenvalue weighted by atomic mass is 10.1. The van der Waals surface area contributed by atoms with Crippen molar-refractivity contribution in [3.05, 3.63) is 52.8 Å². The van der Waals surface area contributed by atoms with Crippen LogP contribution in [0.4, 0.5) is 4.79 Å². The SMILES string of the molecule is C.CN(CCS(C)(=O)=O)C(=O)OCc1csc2nnc([C@@H](COCc3ccccc3)NC(=O)C(C)(C)N)n12. The largest absolute Gasteiger partial charge is 0.443 e.